The summed E-state index contributed by atoms with van der Waals surface area (Å²) < 4.78 is 2.85. The van der Waals surface area contributed by atoms with Crippen LogP contribution >= 0.6 is 0 Å². The fraction of sp³-hybridized carbons (Fsp3) is 0. The average molecular weight is 122 g/mol. The molecule has 0 rings (SSSR count). The van der Waals surface area contributed by atoms with Gasteiger partial charge in [-0.05, 0) is 0 Å². The van der Waals surface area contributed by atoms with E-state index in [1.165, 1.54) is 0 Å². The maximum atomic E-state index is 7.32. The fourth-order valence-corrected chi connectivity index (χ4v) is 0. The SMILES string of the molecule is [N-]=[N+]=N[SeH]. The van der Waals surface area contributed by atoms with Crippen LogP contribution in [0.4, 0.5) is 0 Å². The number of azide groups is 1. The third kappa shape index (κ3) is 1.83. The summed E-state index contributed by atoms with van der Waals surface area (Å²) in [5.41, 5.74) is 7.32. The van der Waals surface area contributed by atoms with Crippen LogP contribution in [-0.2, 0) is 0 Å². The van der Waals surface area contributed by atoms with E-state index in [9.17, 15) is 0 Å². The molecule has 0 aliphatic heterocycles. The van der Waals surface area contributed by atoms with E-state index in [4.69, 9.17) is 5.53 Å². The van der Waals surface area contributed by atoms with Crippen molar-refractivity contribution in [3.05, 3.63) is 10.4 Å². The van der Waals surface area contributed by atoms with E-state index in [0.717, 1.165) is 0 Å². The van der Waals surface area contributed by atoms with Crippen molar-refractivity contribution in [2.24, 2.45) is 4.13 Å². The first-order valence-corrected chi connectivity index (χ1v) is 1.44. The Kier molecular flexibility index (Phi) is 2.71. The van der Waals surface area contributed by atoms with Crippen molar-refractivity contribution in [3.63, 3.8) is 0 Å². The van der Waals surface area contributed by atoms with Gasteiger partial charge in [-0.3, -0.25) is 0 Å². The van der Waals surface area contributed by atoms with E-state index in [0.29, 0.717) is 0 Å². The summed E-state index contributed by atoms with van der Waals surface area (Å²) >= 11 is 1.74. The predicted molar refractivity (Wildman–Crippen MR) is 16.3 cm³/mol. The first-order valence-electron chi connectivity index (χ1n) is 0.600. The van der Waals surface area contributed by atoms with Gasteiger partial charge in [-0.2, -0.15) is 0 Å². The van der Waals surface area contributed by atoms with Crippen LogP contribution in [0.25, 0.3) is 10.4 Å². The van der Waals surface area contributed by atoms with Gasteiger partial charge in [0.2, 0.25) is 0 Å². The average Bonchev–Trinajstić information content (AvgIpc) is 1.37. The van der Waals surface area contributed by atoms with Gasteiger partial charge in [0.25, 0.3) is 0 Å². The predicted octanol–water partition coefficient (Wildman–Crippen LogP) is 0.112. The molecule has 0 bridgehead atoms. The third-order valence-corrected chi connectivity index (χ3v) is 0.208. The summed E-state index contributed by atoms with van der Waals surface area (Å²) in [5.74, 6) is 0. The van der Waals surface area contributed by atoms with Gasteiger partial charge in [0.15, 0.2) is 0 Å². The van der Waals surface area contributed by atoms with Crippen LogP contribution in [0.15, 0.2) is 4.13 Å². The summed E-state index contributed by atoms with van der Waals surface area (Å²) in [7, 11) is 0. The minimum atomic E-state index is 1.74. The molecule has 0 saturated heterocycles. The Bertz CT molecular complexity index is 41.2. The molecule has 3 nitrogen and oxygen atoms in total. The Balaban J connectivity index is 3.11. The summed E-state index contributed by atoms with van der Waals surface area (Å²) in [6.45, 7) is 0. The molecular weight excluding hydrogens is 121 g/mol. The molecule has 0 fully saturated rings. The first-order chi connectivity index (χ1) is 1.91. The van der Waals surface area contributed by atoms with E-state index >= 15 is 0 Å². The molecular formula is HN3Se. The summed E-state index contributed by atoms with van der Waals surface area (Å²) in [6.07, 6.45) is 0. The Morgan fingerprint density at radius 1 is 2.00 bits per heavy atom. The van der Waals surface area contributed by atoms with E-state index in [-0.39, 0.29) is 0 Å². The molecule has 0 aliphatic carbocycles. The molecule has 0 atom stereocenters. The fourth-order valence-electron chi connectivity index (χ4n) is 0. The number of hydrogen-bond donors (Lipinski definition) is 0. The Morgan fingerprint density at radius 3 is 2.25 bits per heavy atom. The Morgan fingerprint density at radius 2 is 2.25 bits per heavy atom. The molecule has 0 aromatic carbocycles. The molecule has 0 saturated carbocycles. The monoisotopic (exact) mass is 123 g/mol. The molecule has 0 aromatic heterocycles. The normalized spacial score (nSPS) is 4.25. The molecule has 4 heavy (non-hydrogen) atoms. The van der Waals surface area contributed by atoms with Crippen molar-refractivity contribution in [1.29, 1.82) is 0 Å². The number of hydrogen-bond acceptors (Lipinski definition) is 1. The third-order valence-electron chi connectivity index (χ3n) is 0.0400. The zero-order chi connectivity index (χ0) is 3.41. The van der Waals surface area contributed by atoms with Crippen LogP contribution in [-0.4, -0.2) is 16.2 Å². The van der Waals surface area contributed by atoms with Gasteiger partial charge in [0, 0.05) is 0 Å². The standard InChI is InChI=1S/HN3Se/c1-2-3-4/h4H. The summed E-state index contributed by atoms with van der Waals surface area (Å²) in [6, 6.07) is 0. The summed E-state index contributed by atoms with van der Waals surface area (Å²) in [5, 5.41) is 0. The van der Waals surface area contributed by atoms with Crippen molar-refractivity contribution >= 4 is 16.2 Å². The molecule has 0 spiro atoms. The van der Waals surface area contributed by atoms with Crippen LogP contribution in [0.1, 0.15) is 0 Å². The van der Waals surface area contributed by atoms with Crippen molar-refractivity contribution in [1.82, 2.24) is 0 Å². The van der Waals surface area contributed by atoms with Crippen LogP contribution in [0, 0.1) is 0 Å². The molecule has 0 aromatic rings. The van der Waals surface area contributed by atoms with Gasteiger partial charge in [0.05, 0.1) is 0 Å². The molecule has 0 unspecified atom stereocenters. The van der Waals surface area contributed by atoms with Crippen molar-refractivity contribution in [2.45, 2.75) is 0 Å². The topological polar surface area (TPSA) is 48.8 Å². The van der Waals surface area contributed by atoms with Gasteiger partial charge < -0.3 is 0 Å². The van der Waals surface area contributed by atoms with Gasteiger partial charge in [0.1, 0.15) is 0 Å². The molecule has 4 heteroatoms. The van der Waals surface area contributed by atoms with Gasteiger partial charge in [-0.1, -0.05) is 0 Å². The van der Waals surface area contributed by atoms with Crippen LogP contribution in [0.2, 0.25) is 0 Å². The van der Waals surface area contributed by atoms with Gasteiger partial charge >= 0.3 is 30.8 Å². The van der Waals surface area contributed by atoms with E-state index < -0.39 is 0 Å². The number of rotatable bonds is 0. The van der Waals surface area contributed by atoms with Gasteiger partial charge in [-0.15, -0.1) is 0 Å². The molecule has 0 aliphatic rings. The Labute approximate surface area is 31.7 Å². The van der Waals surface area contributed by atoms with E-state index in [2.05, 4.69) is 9.04 Å². The molecule has 0 radical (unpaired) electrons. The number of nitrogens with zero attached hydrogens (tertiary/aromatic N) is 3. The second-order valence-corrected chi connectivity index (χ2v) is 0.554. The molecule has 0 amide bonds. The quantitative estimate of drug-likeness (QED) is 0.189. The first kappa shape index (κ1) is 3.83. The van der Waals surface area contributed by atoms with Crippen molar-refractivity contribution in [3.8, 4) is 0 Å². The minimum absolute atomic E-state index is 1.74. The second-order valence-electron chi connectivity index (χ2n) is 0.179. The van der Waals surface area contributed by atoms with Crippen LogP contribution in [0.3, 0.4) is 0 Å². The van der Waals surface area contributed by atoms with Gasteiger partial charge in [-0.25, -0.2) is 0 Å². The van der Waals surface area contributed by atoms with Crippen molar-refractivity contribution in [2.75, 3.05) is 0 Å². The molecule has 0 heterocycles. The van der Waals surface area contributed by atoms with E-state index in [1.807, 2.05) is 0 Å². The van der Waals surface area contributed by atoms with Crippen LogP contribution < -0.4 is 0 Å². The zero-order valence-corrected chi connectivity index (χ0v) is 3.67. The summed E-state index contributed by atoms with van der Waals surface area (Å²) in [4.78, 5) is 2.33. The van der Waals surface area contributed by atoms with Crippen LogP contribution in [0.5, 0.6) is 0 Å². The Hall–Kier alpha value is -0.171. The van der Waals surface area contributed by atoms with Crippen molar-refractivity contribution < 1.29 is 0 Å². The maximum absolute atomic E-state index is 7.32. The molecule has 0 N–H and O–H groups in total. The molecule has 22 valence electrons. The second kappa shape index (κ2) is 2.83. The van der Waals surface area contributed by atoms with E-state index in [1.54, 1.807) is 16.2 Å². The zero-order valence-electron chi connectivity index (χ0n) is 1.79.